The third-order valence-corrected chi connectivity index (χ3v) is 4.29. The first-order valence-electron chi connectivity index (χ1n) is 8.11. The van der Waals surface area contributed by atoms with E-state index in [0.29, 0.717) is 18.7 Å². The topological polar surface area (TPSA) is 88.3 Å². The van der Waals surface area contributed by atoms with E-state index < -0.39 is 5.91 Å². The molecule has 3 rings (SSSR count). The highest BCUT2D eigenvalue weighted by Gasteiger charge is 2.28. The predicted octanol–water partition coefficient (Wildman–Crippen LogP) is 2.56. The number of nitrogens with two attached hydrogens (primary N) is 1. The average molecular weight is 342 g/mol. The van der Waals surface area contributed by atoms with Gasteiger partial charge in [-0.05, 0) is 49.1 Å². The van der Waals surface area contributed by atoms with E-state index in [0.717, 1.165) is 18.4 Å². The van der Waals surface area contributed by atoms with Crippen LogP contribution in [-0.2, 0) is 6.42 Å². The van der Waals surface area contributed by atoms with Gasteiger partial charge in [0.2, 0.25) is 0 Å². The first kappa shape index (κ1) is 16.9. The maximum atomic E-state index is 13.0. The molecular weight excluding hydrogens is 323 g/mol. The van der Waals surface area contributed by atoms with Gasteiger partial charge in [-0.3, -0.25) is 4.79 Å². The first-order chi connectivity index (χ1) is 12.0. The summed E-state index contributed by atoms with van der Waals surface area (Å²) < 4.78 is 13.0. The Morgan fingerprint density at radius 3 is 2.64 bits per heavy atom. The van der Waals surface area contributed by atoms with E-state index in [4.69, 9.17) is 5.73 Å². The molecule has 0 aliphatic carbocycles. The van der Waals surface area contributed by atoms with E-state index in [-0.39, 0.29) is 23.6 Å². The zero-order valence-corrected chi connectivity index (χ0v) is 13.6. The Morgan fingerprint density at radius 1 is 1.24 bits per heavy atom. The van der Waals surface area contributed by atoms with E-state index in [1.54, 1.807) is 23.1 Å². The number of likely N-dealkylation sites (tertiary alicyclic amines) is 1. The summed E-state index contributed by atoms with van der Waals surface area (Å²) >= 11 is 0. The number of benzene rings is 1. The molecular formula is C18H19FN4O2. The molecule has 1 aromatic heterocycles. The van der Waals surface area contributed by atoms with Crippen LogP contribution in [0.1, 0.15) is 28.9 Å². The number of amides is 3. The lowest BCUT2D eigenvalue weighted by atomic mass is 10.0. The van der Waals surface area contributed by atoms with Gasteiger partial charge in [-0.2, -0.15) is 0 Å². The summed E-state index contributed by atoms with van der Waals surface area (Å²) in [5.41, 5.74) is 6.79. The van der Waals surface area contributed by atoms with Crippen molar-refractivity contribution in [3.63, 3.8) is 0 Å². The lowest BCUT2D eigenvalue weighted by Crippen LogP contribution is -2.39. The maximum absolute atomic E-state index is 13.0. The fraction of sp³-hybridized carbons (Fsp3) is 0.278. The van der Waals surface area contributed by atoms with Crippen LogP contribution in [0.4, 0.5) is 14.9 Å². The molecule has 2 heterocycles. The molecule has 0 radical (unpaired) electrons. The molecule has 1 aromatic carbocycles. The van der Waals surface area contributed by atoms with Gasteiger partial charge in [0, 0.05) is 12.6 Å². The number of carbonyl (C=O) groups excluding carboxylic acids is 2. The molecule has 7 heteroatoms. The number of aromatic nitrogens is 1. The molecule has 6 nitrogen and oxygen atoms in total. The van der Waals surface area contributed by atoms with E-state index in [1.807, 2.05) is 0 Å². The van der Waals surface area contributed by atoms with Gasteiger partial charge in [0.1, 0.15) is 11.5 Å². The molecule has 130 valence electrons. The van der Waals surface area contributed by atoms with Crippen molar-refractivity contribution >= 4 is 17.6 Å². The van der Waals surface area contributed by atoms with Gasteiger partial charge in [0.05, 0.1) is 11.9 Å². The molecule has 1 unspecified atom stereocenters. The molecule has 0 spiro atoms. The van der Waals surface area contributed by atoms with Crippen molar-refractivity contribution in [3.8, 4) is 0 Å². The number of carbonyl (C=O) groups is 2. The summed E-state index contributed by atoms with van der Waals surface area (Å²) in [5, 5.41) is 2.79. The smallest absolute Gasteiger partial charge is 0.322 e. The molecule has 1 fully saturated rings. The Kier molecular flexibility index (Phi) is 4.92. The second-order valence-electron chi connectivity index (χ2n) is 6.05. The summed E-state index contributed by atoms with van der Waals surface area (Å²) in [6.45, 7) is 0.671. The number of rotatable bonds is 4. The third kappa shape index (κ3) is 4.12. The number of urea groups is 1. The number of nitrogens with one attached hydrogen (secondary N) is 1. The summed E-state index contributed by atoms with van der Waals surface area (Å²) in [5.74, 6) is -0.881. The van der Waals surface area contributed by atoms with Crippen molar-refractivity contribution in [3.05, 3.63) is 59.7 Å². The van der Waals surface area contributed by atoms with Gasteiger partial charge in [-0.1, -0.05) is 12.1 Å². The number of hydrogen-bond acceptors (Lipinski definition) is 3. The fourth-order valence-electron chi connectivity index (χ4n) is 3.02. The van der Waals surface area contributed by atoms with E-state index >= 15 is 0 Å². The lowest BCUT2D eigenvalue weighted by molar-refractivity contribution is 0.0995. The molecule has 1 saturated heterocycles. The quantitative estimate of drug-likeness (QED) is 0.895. The van der Waals surface area contributed by atoms with Gasteiger partial charge in [0.25, 0.3) is 5.91 Å². The molecule has 1 aliphatic heterocycles. The Bertz CT molecular complexity index is 762. The number of halogens is 1. The summed E-state index contributed by atoms with van der Waals surface area (Å²) in [4.78, 5) is 29.2. The Labute approximate surface area is 144 Å². The van der Waals surface area contributed by atoms with Gasteiger partial charge in [0.15, 0.2) is 0 Å². The van der Waals surface area contributed by atoms with Crippen molar-refractivity contribution in [2.45, 2.75) is 25.3 Å². The van der Waals surface area contributed by atoms with Crippen molar-refractivity contribution in [1.82, 2.24) is 9.88 Å². The molecule has 1 aliphatic rings. The molecule has 3 amide bonds. The second kappa shape index (κ2) is 7.29. The van der Waals surface area contributed by atoms with E-state index in [1.165, 1.54) is 24.4 Å². The minimum absolute atomic E-state index is 0.0725. The summed E-state index contributed by atoms with van der Waals surface area (Å²) in [6.07, 6.45) is 3.93. The number of nitrogens with zero attached hydrogens (tertiary/aromatic N) is 2. The van der Waals surface area contributed by atoms with Gasteiger partial charge >= 0.3 is 6.03 Å². The van der Waals surface area contributed by atoms with Crippen LogP contribution in [0.5, 0.6) is 0 Å². The van der Waals surface area contributed by atoms with E-state index in [2.05, 4.69) is 10.3 Å². The Hall–Kier alpha value is -2.96. The summed E-state index contributed by atoms with van der Waals surface area (Å²) in [6, 6.07) is 9.28. The number of primary amides is 1. The number of hydrogen-bond donors (Lipinski definition) is 2. The van der Waals surface area contributed by atoms with Crippen molar-refractivity contribution in [2.24, 2.45) is 5.73 Å². The monoisotopic (exact) mass is 342 g/mol. The first-order valence-corrected chi connectivity index (χ1v) is 8.11. The minimum Gasteiger partial charge on any atom is -0.364 e. The normalized spacial score (nSPS) is 16.7. The SMILES string of the molecule is NC(=O)c1ccc(NC(=O)N2CCCC2Cc2ccc(F)cc2)cn1. The molecule has 2 aromatic rings. The van der Waals surface area contributed by atoms with Gasteiger partial charge < -0.3 is 16.0 Å². The molecule has 0 saturated carbocycles. The second-order valence-corrected chi connectivity index (χ2v) is 6.05. The Morgan fingerprint density at radius 2 is 2.00 bits per heavy atom. The van der Waals surface area contributed by atoms with Crippen LogP contribution in [-0.4, -0.2) is 34.4 Å². The zero-order valence-electron chi connectivity index (χ0n) is 13.6. The van der Waals surface area contributed by atoms with E-state index in [9.17, 15) is 14.0 Å². The minimum atomic E-state index is -0.614. The number of pyridine rings is 1. The zero-order chi connectivity index (χ0) is 17.8. The molecule has 25 heavy (non-hydrogen) atoms. The largest absolute Gasteiger partial charge is 0.364 e. The van der Waals surface area contributed by atoms with Crippen molar-refractivity contribution < 1.29 is 14.0 Å². The summed E-state index contributed by atoms with van der Waals surface area (Å²) in [7, 11) is 0. The van der Waals surface area contributed by atoms with Crippen molar-refractivity contribution in [1.29, 1.82) is 0 Å². The lowest BCUT2D eigenvalue weighted by Gasteiger charge is -2.25. The van der Waals surface area contributed by atoms with Crippen LogP contribution in [0.15, 0.2) is 42.6 Å². The van der Waals surface area contributed by atoms with Gasteiger partial charge in [-0.15, -0.1) is 0 Å². The maximum Gasteiger partial charge on any atom is 0.322 e. The fourth-order valence-corrected chi connectivity index (χ4v) is 3.02. The van der Waals surface area contributed by atoms with Crippen LogP contribution in [0.3, 0.4) is 0 Å². The van der Waals surface area contributed by atoms with Crippen LogP contribution in [0.2, 0.25) is 0 Å². The van der Waals surface area contributed by atoms with Crippen LogP contribution in [0, 0.1) is 5.82 Å². The Balaban J connectivity index is 1.63. The van der Waals surface area contributed by atoms with Crippen LogP contribution < -0.4 is 11.1 Å². The third-order valence-electron chi connectivity index (χ3n) is 4.29. The molecule has 3 N–H and O–H groups in total. The van der Waals surface area contributed by atoms with Crippen molar-refractivity contribution in [2.75, 3.05) is 11.9 Å². The highest BCUT2D eigenvalue weighted by Crippen LogP contribution is 2.22. The molecule has 0 bridgehead atoms. The molecule has 1 atom stereocenters. The van der Waals surface area contributed by atoms with Crippen LogP contribution >= 0.6 is 0 Å². The highest BCUT2D eigenvalue weighted by molar-refractivity contribution is 5.92. The van der Waals surface area contributed by atoms with Gasteiger partial charge in [-0.25, -0.2) is 14.2 Å². The highest BCUT2D eigenvalue weighted by atomic mass is 19.1. The standard InChI is InChI=1S/C18H19FN4O2/c19-13-5-3-12(4-6-13)10-15-2-1-9-23(15)18(25)22-14-7-8-16(17(20)24)21-11-14/h3-8,11,15H,1-2,9-10H2,(H2,20,24)(H,22,25). The van der Waals surface area contributed by atoms with Crippen LogP contribution in [0.25, 0.3) is 0 Å². The number of anilines is 1. The average Bonchev–Trinajstić information content (AvgIpc) is 3.05. The predicted molar refractivity (Wildman–Crippen MR) is 91.6 cm³/mol.